The first-order valence-electron chi connectivity index (χ1n) is 6.66. The van der Waals surface area contributed by atoms with E-state index in [0.717, 1.165) is 12.1 Å². The molecule has 112 valence electrons. The Morgan fingerprint density at radius 1 is 1.29 bits per heavy atom. The molecule has 4 nitrogen and oxygen atoms in total. The number of nitrogens with zero attached hydrogens (tertiary/aromatic N) is 1. The Morgan fingerprint density at radius 2 is 1.95 bits per heavy atom. The first-order chi connectivity index (χ1) is 9.80. The lowest BCUT2D eigenvalue weighted by Gasteiger charge is -2.29. The summed E-state index contributed by atoms with van der Waals surface area (Å²) in [5.74, 6) is -3.27. The number of amides is 1. The summed E-state index contributed by atoms with van der Waals surface area (Å²) in [6.45, 7) is 3.83. The smallest absolute Gasteiger partial charge is 0.329 e. The minimum Gasteiger partial charge on any atom is -0.467 e. The molecule has 1 aromatic rings. The third-order valence-corrected chi connectivity index (χ3v) is 4.66. The van der Waals surface area contributed by atoms with Crippen molar-refractivity contribution in [2.45, 2.75) is 19.9 Å². The fourth-order valence-electron chi connectivity index (χ4n) is 3.48. The highest BCUT2D eigenvalue weighted by atomic mass is 19.2. The van der Waals surface area contributed by atoms with E-state index in [-0.39, 0.29) is 28.8 Å². The van der Waals surface area contributed by atoms with E-state index in [4.69, 9.17) is 4.74 Å². The first-order valence-corrected chi connectivity index (χ1v) is 6.66. The third kappa shape index (κ3) is 1.78. The molecule has 3 rings (SSSR count). The Bertz CT molecular complexity index is 644. The lowest BCUT2D eigenvalue weighted by Crippen LogP contribution is -2.45. The summed E-state index contributed by atoms with van der Waals surface area (Å²) in [7, 11) is 1.25. The molecule has 0 N–H and O–H groups in total. The van der Waals surface area contributed by atoms with Crippen LogP contribution in [0.15, 0.2) is 18.2 Å². The molecule has 1 saturated heterocycles. The number of piperidine rings is 1. The zero-order valence-corrected chi connectivity index (χ0v) is 11.9. The van der Waals surface area contributed by atoms with Crippen LogP contribution in [0.4, 0.5) is 14.5 Å². The molecule has 1 amide bonds. The van der Waals surface area contributed by atoms with Gasteiger partial charge in [-0.3, -0.25) is 9.69 Å². The van der Waals surface area contributed by atoms with Crippen LogP contribution in [0.5, 0.6) is 0 Å². The van der Waals surface area contributed by atoms with Gasteiger partial charge >= 0.3 is 5.97 Å². The van der Waals surface area contributed by atoms with Crippen LogP contribution in [0.2, 0.25) is 0 Å². The van der Waals surface area contributed by atoms with Gasteiger partial charge in [0.1, 0.15) is 6.04 Å². The van der Waals surface area contributed by atoms with Crippen LogP contribution in [0, 0.1) is 28.9 Å². The van der Waals surface area contributed by atoms with Crippen LogP contribution >= 0.6 is 0 Å². The summed E-state index contributed by atoms with van der Waals surface area (Å²) in [6, 6.07) is 2.39. The van der Waals surface area contributed by atoms with Gasteiger partial charge in [0, 0.05) is 23.6 Å². The SMILES string of the molecule is COC(=O)[C@@H]1[C@@H]2[C@H](C(=O)N1c1ccc(F)c(F)c1)C2(C)C. The number of methoxy groups -OCH3 is 1. The van der Waals surface area contributed by atoms with Gasteiger partial charge in [-0.1, -0.05) is 13.8 Å². The average molecular weight is 295 g/mol. The summed E-state index contributed by atoms with van der Waals surface area (Å²) >= 11 is 0. The van der Waals surface area contributed by atoms with Gasteiger partial charge in [0.15, 0.2) is 11.6 Å². The minimum atomic E-state index is -1.05. The van der Waals surface area contributed by atoms with E-state index >= 15 is 0 Å². The van der Waals surface area contributed by atoms with Gasteiger partial charge in [-0.2, -0.15) is 0 Å². The van der Waals surface area contributed by atoms with Gasteiger partial charge in [0.25, 0.3) is 0 Å². The summed E-state index contributed by atoms with van der Waals surface area (Å²) in [6.07, 6.45) is 0. The second-order valence-electron chi connectivity index (χ2n) is 6.10. The summed E-state index contributed by atoms with van der Waals surface area (Å²) in [4.78, 5) is 25.8. The molecule has 0 radical (unpaired) electrons. The highest BCUT2D eigenvalue weighted by molar-refractivity contribution is 6.07. The number of carbonyl (C=O) groups excluding carboxylic acids is 2. The predicted molar refractivity (Wildman–Crippen MR) is 70.4 cm³/mol. The molecule has 1 aromatic carbocycles. The number of hydrogen-bond donors (Lipinski definition) is 0. The number of ether oxygens (including phenoxy) is 1. The van der Waals surface area contributed by atoms with E-state index in [1.807, 2.05) is 13.8 Å². The molecule has 1 heterocycles. The molecule has 2 aliphatic rings. The third-order valence-electron chi connectivity index (χ3n) is 4.66. The lowest BCUT2D eigenvalue weighted by molar-refractivity contribution is -0.143. The van der Waals surface area contributed by atoms with Crippen LogP contribution in [0.25, 0.3) is 0 Å². The van der Waals surface area contributed by atoms with E-state index in [1.54, 1.807) is 0 Å². The van der Waals surface area contributed by atoms with Crippen molar-refractivity contribution in [2.24, 2.45) is 17.3 Å². The maximum Gasteiger partial charge on any atom is 0.329 e. The van der Waals surface area contributed by atoms with Gasteiger partial charge in [-0.05, 0) is 17.5 Å². The monoisotopic (exact) mass is 295 g/mol. The van der Waals surface area contributed by atoms with E-state index in [9.17, 15) is 18.4 Å². The molecule has 21 heavy (non-hydrogen) atoms. The zero-order valence-electron chi connectivity index (χ0n) is 11.9. The first kappa shape index (κ1) is 14.0. The van der Waals surface area contributed by atoms with Gasteiger partial charge in [0.05, 0.1) is 7.11 Å². The summed E-state index contributed by atoms with van der Waals surface area (Å²) in [5, 5.41) is 0. The molecule has 0 bridgehead atoms. The molecule has 1 aliphatic heterocycles. The second kappa shape index (κ2) is 4.26. The molecule has 0 unspecified atom stereocenters. The van der Waals surface area contributed by atoms with E-state index in [1.165, 1.54) is 18.1 Å². The Hall–Kier alpha value is -1.98. The van der Waals surface area contributed by atoms with Crippen molar-refractivity contribution in [1.82, 2.24) is 0 Å². The summed E-state index contributed by atoms with van der Waals surface area (Å²) in [5.41, 5.74) is -0.0947. The number of esters is 1. The fraction of sp³-hybridized carbons (Fsp3) is 0.467. The van der Waals surface area contributed by atoms with Crippen molar-refractivity contribution in [3.8, 4) is 0 Å². The topological polar surface area (TPSA) is 46.6 Å². The van der Waals surface area contributed by atoms with Gasteiger partial charge in [-0.25, -0.2) is 13.6 Å². The number of fused-ring (bicyclic) bond motifs is 1. The normalized spacial score (nSPS) is 29.3. The number of carbonyl (C=O) groups is 2. The maximum absolute atomic E-state index is 13.4. The van der Waals surface area contributed by atoms with Gasteiger partial charge < -0.3 is 4.74 Å². The van der Waals surface area contributed by atoms with E-state index in [2.05, 4.69) is 0 Å². The maximum atomic E-state index is 13.4. The quantitative estimate of drug-likeness (QED) is 0.785. The molecule has 0 aromatic heterocycles. The Kier molecular flexibility index (Phi) is 2.83. The molecule has 0 spiro atoms. The van der Waals surface area contributed by atoms with E-state index < -0.39 is 23.6 Å². The van der Waals surface area contributed by atoms with Crippen molar-refractivity contribution in [1.29, 1.82) is 0 Å². The van der Waals surface area contributed by atoms with E-state index in [0.29, 0.717) is 0 Å². The number of rotatable bonds is 2. The Labute approximate surface area is 120 Å². The number of hydrogen-bond acceptors (Lipinski definition) is 3. The fourth-order valence-corrected chi connectivity index (χ4v) is 3.48. The Balaban J connectivity index is 2.03. The van der Waals surface area contributed by atoms with Crippen LogP contribution in [0.1, 0.15) is 13.8 Å². The summed E-state index contributed by atoms with van der Waals surface area (Å²) < 4.78 is 31.2. The van der Waals surface area contributed by atoms with Crippen molar-refractivity contribution < 1.29 is 23.1 Å². The largest absolute Gasteiger partial charge is 0.467 e. The van der Waals surface area contributed by atoms with Crippen molar-refractivity contribution >= 4 is 17.6 Å². The molecule has 1 aliphatic carbocycles. The highest BCUT2D eigenvalue weighted by Crippen LogP contribution is 2.66. The molecule has 1 saturated carbocycles. The molecule has 6 heteroatoms. The molecular weight excluding hydrogens is 280 g/mol. The highest BCUT2D eigenvalue weighted by Gasteiger charge is 2.74. The standard InChI is InChI=1S/C15H15F2NO3/c1-15(2)10-11(15)13(19)18(12(10)14(20)21-3)7-4-5-8(16)9(17)6-7/h4-6,10-12H,1-3H3/t10-,11+,12-/m0/s1. The molecule has 3 atom stereocenters. The second-order valence-corrected chi connectivity index (χ2v) is 6.10. The zero-order chi connectivity index (χ0) is 15.5. The predicted octanol–water partition coefficient (Wildman–Crippen LogP) is 2.13. The van der Waals surface area contributed by atoms with Crippen molar-refractivity contribution in [3.63, 3.8) is 0 Å². The number of halogens is 2. The minimum absolute atomic E-state index is 0.162. The van der Waals surface area contributed by atoms with Crippen LogP contribution < -0.4 is 4.90 Å². The molecular formula is C15H15F2NO3. The van der Waals surface area contributed by atoms with Crippen LogP contribution in [0.3, 0.4) is 0 Å². The van der Waals surface area contributed by atoms with Gasteiger partial charge in [-0.15, -0.1) is 0 Å². The van der Waals surface area contributed by atoms with Gasteiger partial charge in [0.2, 0.25) is 5.91 Å². The van der Waals surface area contributed by atoms with Crippen molar-refractivity contribution in [3.05, 3.63) is 29.8 Å². The molecule has 2 fully saturated rings. The number of anilines is 1. The lowest BCUT2D eigenvalue weighted by atomic mass is 10.0. The van der Waals surface area contributed by atoms with Crippen LogP contribution in [-0.2, 0) is 14.3 Å². The van der Waals surface area contributed by atoms with Crippen LogP contribution in [-0.4, -0.2) is 25.0 Å². The van der Waals surface area contributed by atoms with Crippen molar-refractivity contribution in [2.75, 3.05) is 12.0 Å². The Morgan fingerprint density at radius 3 is 2.52 bits per heavy atom. The average Bonchev–Trinajstić information content (AvgIpc) is 2.83. The number of benzene rings is 1.